The van der Waals surface area contributed by atoms with E-state index >= 15 is 0 Å². The molecule has 0 radical (unpaired) electrons. The summed E-state index contributed by atoms with van der Waals surface area (Å²) in [6.45, 7) is 23.0. The number of carbonyl (C=O) groups excluding carboxylic acids is 1. The van der Waals surface area contributed by atoms with Crippen molar-refractivity contribution < 1.29 is 22.1 Å². The molecule has 5 saturated carbocycles. The molecular formula is C39H58O5S. The molecule has 10 atom stereocenters. The van der Waals surface area contributed by atoms with Crippen molar-refractivity contribution in [3.63, 3.8) is 0 Å². The van der Waals surface area contributed by atoms with E-state index in [0.29, 0.717) is 29.6 Å². The number of benzene rings is 1. The Morgan fingerprint density at radius 3 is 2.18 bits per heavy atom. The lowest BCUT2D eigenvalue weighted by Gasteiger charge is -2.73. The van der Waals surface area contributed by atoms with Gasteiger partial charge in [0.15, 0.2) is 0 Å². The minimum absolute atomic E-state index is 0.00865. The molecule has 1 aromatic carbocycles. The van der Waals surface area contributed by atoms with Gasteiger partial charge in [0, 0.05) is 12.3 Å². The number of hydrogen-bond donors (Lipinski definition) is 0. The largest absolute Gasteiger partial charge is 0.462 e. The van der Waals surface area contributed by atoms with Crippen molar-refractivity contribution in [1.29, 1.82) is 0 Å². The first-order chi connectivity index (χ1) is 20.9. The van der Waals surface area contributed by atoms with Gasteiger partial charge in [-0.3, -0.25) is 8.98 Å². The van der Waals surface area contributed by atoms with Crippen molar-refractivity contribution in [2.75, 3.05) is 6.61 Å². The van der Waals surface area contributed by atoms with Crippen LogP contribution in [0.15, 0.2) is 41.3 Å². The third kappa shape index (κ3) is 4.92. The van der Waals surface area contributed by atoms with E-state index in [-0.39, 0.29) is 50.7 Å². The molecule has 0 aliphatic heterocycles. The highest BCUT2D eigenvalue weighted by Gasteiger charge is 2.71. The summed E-state index contributed by atoms with van der Waals surface area (Å²) in [5.41, 5.74) is 2.69. The van der Waals surface area contributed by atoms with Crippen LogP contribution in [0.2, 0.25) is 0 Å². The maximum Gasteiger partial charge on any atom is 0.302 e. The van der Waals surface area contributed by atoms with Gasteiger partial charge in [-0.05, 0) is 141 Å². The number of hydrogen-bond acceptors (Lipinski definition) is 5. The van der Waals surface area contributed by atoms with Crippen LogP contribution in [0, 0.1) is 63.6 Å². The van der Waals surface area contributed by atoms with Gasteiger partial charge in [0.25, 0.3) is 10.1 Å². The van der Waals surface area contributed by atoms with Gasteiger partial charge < -0.3 is 4.74 Å². The monoisotopic (exact) mass is 638 g/mol. The second-order valence-corrected chi connectivity index (χ2v) is 19.2. The average Bonchev–Trinajstić information content (AvgIpc) is 3.34. The Hall–Kier alpha value is -1.66. The second kappa shape index (κ2) is 10.9. The topological polar surface area (TPSA) is 69.7 Å². The second-order valence-electron chi connectivity index (χ2n) is 17.5. The fourth-order valence-corrected chi connectivity index (χ4v) is 13.9. The first-order valence-electron chi connectivity index (χ1n) is 17.7. The number of allylic oxidation sites excluding steroid dienone is 1. The molecule has 0 heterocycles. The van der Waals surface area contributed by atoms with Crippen molar-refractivity contribution in [3.8, 4) is 0 Å². The van der Waals surface area contributed by atoms with Crippen LogP contribution in [0.4, 0.5) is 0 Å². The molecule has 5 aliphatic rings. The van der Waals surface area contributed by atoms with Crippen LogP contribution in [0.25, 0.3) is 0 Å². The molecule has 0 aromatic heterocycles. The van der Waals surface area contributed by atoms with Crippen molar-refractivity contribution in [2.45, 2.75) is 131 Å². The highest BCUT2D eigenvalue weighted by atomic mass is 32.2. The first kappa shape index (κ1) is 33.2. The summed E-state index contributed by atoms with van der Waals surface area (Å²) in [5.74, 6) is 2.31. The predicted octanol–water partition coefficient (Wildman–Crippen LogP) is 9.29. The number of rotatable bonds is 6. The third-order valence-corrected chi connectivity index (χ3v) is 16.6. The Bertz CT molecular complexity index is 1450. The average molecular weight is 639 g/mol. The van der Waals surface area contributed by atoms with Crippen LogP contribution < -0.4 is 0 Å². The summed E-state index contributed by atoms with van der Waals surface area (Å²) in [6, 6.07) is 7.02. The highest BCUT2D eigenvalue weighted by Crippen LogP contribution is 2.77. The molecule has 5 fully saturated rings. The summed E-state index contributed by atoms with van der Waals surface area (Å²) < 4.78 is 38.8. The van der Waals surface area contributed by atoms with Crippen LogP contribution in [0.3, 0.4) is 0 Å². The van der Waals surface area contributed by atoms with Gasteiger partial charge in [-0.1, -0.05) is 64.5 Å². The SMILES string of the molecule is C=C(C)[C@@H]1CC[C@]2(COS(=O)(=O)c3ccc(C)cc3)CC[C@]3(C)[C@H](CC[C@H]4[C@]5(C)CC[C@H](OC(C)=O)C(C)(C)[C@@H]5CC[C@]43C)[C@H]12. The smallest absolute Gasteiger partial charge is 0.302 e. The Morgan fingerprint density at radius 1 is 0.844 bits per heavy atom. The summed E-state index contributed by atoms with van der Waals surface area (Å²) in [7, 11) is -3.83. The summed E-state index contributed by atoms with van der Waals surface area (Å²) in [6.07, 6.45) is 11.1. The van der Waals surface area contributed by atoms with Crippen molar-refractivity contribution in [3.05, 3.63) is 42.0 Å². The fraction of sp³-hybridized carbons (Fsp3) is 0.769. The molecule has 1 aromatic rings. The van der Waals surface area contributed by atoms with E-state index in [9.17, 15) is 13.2 Å². The molecule has 6 heteroatoms. The fourth-order valence-electron chi connectivity index (χ4n) is 12.9. The van der Waals surface area contributed by atoms with E-state index in [4.69, 9.17) is 8.92 Å². The number of fused-ring (bicyclic) bond motifs is 7. The predicted molar refractivity (Wildman–Crippen MR) is 179 cm³/mol. The lowest BCUT2D eigenvalue weighted by atomic mass is 9.32. The molecule has 45 heavy (non-hydrogen) atoms. The number of carbonyl (C=O) groups is 1. The van der Waals surface area contributed by atoms with Crippen LogP contribution in [-0.2, 0) is 23.8 Å². The molecule has 250 valence electrons. The molecular weight excluding hydrogens is 580 g/mol. The zero-order valence-corrected chi connectivity index (χ0v) is 30.0. The minimum atomic E-state index is -3.83. The summed E-state index contributed by atoms with van der Waals surface area (Å²) in [5, 5.41) is 0. The van der Waals surface area contributed by atoms with E-state index in [1.54, 1.807) is 19.1 Å². The van der Waals surface area contributed by atoms with E-state index < -0.39 is 10.1 Å². The molecule has 0 bridgehead atoms. The van der Waals surface area contributed by atoms with E-state index in [2.05, 4.69) is 48.1 Å². The number of esters is 1. The molecule has 5 aliphatic carbocycles. The van der Waals surface area contributed by atoms with Crippen LogP contribution in [-0.4, -0.2) is 27.1 Å². The Kier molecular flexibility index (Phi) is 8.08. The van der Waals surface area contributed by atoms with Gasteiger partial charge in [-0.2, -0.15) is 8.42 Å². The lowest BCUT2D eigenvalue weighted by molar-refractivity contribution is -0.251. The van der Waals surface area contributed by atoms with Gasteiger partial charge >= 0.3 is 5.97 Å². The van der Waals surface area contributed by atoms with Crippen molar-refractivity contribution in [2.24, 2.45) is 56.7 Å². The van der Waals surface area contributed by atoms with Gasteiger partial charge in [-0.15, -0.1) is 0 Å². The standard InChI is InChI=1S/C39H58O5S/c1-25(2)29-16-21-39(24-43-45(41,42)28-12-10-26(3)11-13-28)23-22-37(8)30(34(29)39)14-15-32-36(7)19-18-33(44-27(4)40)35(5,6)31(36)17-20-38(32,37)9/h10-13,29-34H,1,14-24H2,2-9H3/t29-,30+,31-,32-,33-,34-,36+,37+,38+,39+/m0/s1. The molecule has 6 rings (SSSR count). The Balaban J connectivity index is 1.31. The molecule has 5 nitrogen and oxygen atoms in total. The van der Waals surface area contributed by atoms with Gasteiger partial charge in [0.05, 0.1) is 11.5 Å². The molecule has 0 unspecified atom stereocenters. The van der Waals surface area contributed by atoms with Crippen LogP contribution in [0.1, 0.15) is 118 Å². The van der Waals surface area contributed by atoms with Crippen molar-refractivity contribution in [1.82, 2.24) is 0 Å². The molecule has 0 amide bonds. The Morgan fingerprint density at radius 2 is 1.53 bits per heavy atom. The van der Waals surface area contributed by atoms with Gasteiger partial charge in [-0.25, -0.2) is 0 Å². The quantitative estimate of drug-likeness (QED) is 0.176. The normalized spacial score (nSPS) is 43.7. The van der Waals surface area contributed by atoms with Crippen LogP contribution >= 0.6 is 0 Å². The number of ether oxygens (including phenoxy) is 1. The lowest BCUT2D eigenvalue weighted by Crippen LogP contribution is -2.67. The third-order valence-electron chi connectivity index (χ3n) is 15.3. The van der Waals surface area contributed by atoms with Crippen LogP contribution in [0.5, 0.6) is 0 Å². The molecule has 0 N–H and O–H groups in total. The maximum atomic E-state index is 13.4. The Labute approximate surface area is 273 Å². The minimum Gasteiger partial charge on any atom is -0.462 e. The first-order valence-corrected chi connectivity index (χ1v) is 19.1. The zero-order chi connectivity index (χ0) is 32.8. The zero-order valence-electron chi connectivity index (χ0n) is 29.2. The van der Waals surface area contributed by atoms with Gasteiger partial charge in [0.2, 0.25) is 0 Å². The van der Waals surface area contributed by atoms with E-state index in [1.807, 2.05) is 19.1 Å². The summed E-state index contributed by atoms with van der Waals surface area (Å²) >= 11 is 0. The molecule has 0 saturated heterocycles. The van der Waals surface area contributed by atoms with Crippen molar-refractivity contribution >= 4 is 16.1 Å². The maximum absolute atomic E-state index is 13.4. The van der Waals surface area contributed by atoms with Gasteiger partial charge in [0.1, 0.15) is 6.10 Å². The van der Waals surface area contributed by atoms with E-state index in [1.165, 1.54) is 31.3 Å². The highest BCUT2D eigenvalue weighted by molar-refractivity contribution is 7.86. The summed E-state index contributed by atoms with van der Waals surface area (Å²) in [4.78, 5) is 12.3. The van der Waals surface area contributed by atoms with E-state index in [0.717, 1.165) is 44.1 Å². The molecule has 0 spiro atoms. The number of aryl methyl sites for hydroxylation is 1.